The third-order valence-corrected chi connectivity index (χ3v) is 3.74. The van der Waals surface area contributed by atoms with Gasteiger partial charge in [-0.15, -0.1) is 35.7 Å². The van der Waals surface area contributed by atoms with Crippen LogP contribution in [-0.4, -0.2) is 18.3 Å². The van der Waals surface area contributed by atoms with Crippen LogP contribution in [0.25, 0.3) is 0 Å². The number of hydrogen-bond acceptors (Lipinski definition) is 2. The fourth-order valence-electron chi connectivity index (χ4n) is 1.68. The molecule has 0 aliphatic rings. The molecule has 0 aliphatic heterocycles. The van der Waals surface area contributed by atoms with E-state index in [-0.39, 0.29) is 24.0 Å². The van der Waals surface area contributed by atoms with Crippen molar-refractivity contribution < 1.29 is 0 Å². The molecule has 0 radical (unpaired) electrons. The van der Waals surface area contributed by atoms with Gasteiger partial charge in [0.15, 0.2) is 5.96 Å². The highest BCUT2D eigenvalue weighted by molar-refractivity contribution is 14.0. The van der Waals surface area contributed by atoms with Gasteiger partial charge in [0.1, 0.15) is 0 Å². The summed E-state index contributed by atoms with van der Waals surface area (Å²) in [6, 6.07) is 20.2. The molecule has 112 valence electrons. The first-order chi connectivity index (χ1) is 9.84. The Labute approximate surface area is 147 Å². The van der Waals surface area contributed by atoms with E-state index in [1.54, 1.807) is 0 Å². The van der Waals surface area contributed by atoms with E-state index in [1.165, 1.54) is 4.90 Å². The van der Waals surface area contributed by atoms with Gasteiger partial charge in [-0.3, -0.25) is 4.99 Å². The van der Waals surface area contributed by atoms with E-state index in [0.717, 1.165) is 24.4 Å². The quantitative estimate of drug-likeness (QED) is 0.245. The van der Waals surface area contributed by atoms with Crippen molar-refractivity contribution in [2.24, 2.45) is 10.7 Å². The highest BCUT2D eigenvalue weighted by atomic mass is 127. The zero-order chi connectivity index (χ0) is 14.0. The Balaban J connectivity index is 0.00000220. The van der Waals surface area contributed by atoms with Gasteiger partial charge in [0.05, 0.1) is 0 Å². The zero-order valence-electron chi connectivity index (χ0n) is 11.7. The van der Waals surface area contributed by atoms with Gasteiger partial charge in [-0.25, -0.2) is 0 Å². The van der Waals surface area contributed by atoms with E-state index in [4.69, 9.17) is 5.73 Å². The number of nitrogens with two attached hydrogens (primary N) is 1. The maximum absolute atomic E-state index is 5.83. The molecule has 21 heavy (non-hydrogen) atoms. The fourth-order valence-corrected chi connectivity index (χ4v) is 2.54. The number of halogens is 1. The molecule has 0 spiro atoms. The minimum atomic E-state index is 0. The summed E-state index contributed by atoms with van der Waals surface area (Å²) < 4.78 is 0. The van der Waals surface area contributed by atoms with Gasteiger partial charge in [0.25, 0.3) is 0 Å². The molecule has 0 unspecified atom stereocenters. The number of benzene rings is 2. The number of guanidine groups is 1. The predicted octanol–water partition coefficient (Wildman–Crippen LogP) is 4.21. The van der Waals surface area contributed by atoms with Gasteiger partial charge >= 0.3 is 0 Å². The lowest BCUT2D eigenvalue weighted by Gasteiger charge is -2.05. The summed E-state index contributed by atoms with van der Waals surface area (Å²) >= 11 is 1.85. The normalized spacial score (nSPS) is 10.8. The molecule has 2 aromatic carbocycles. The van der Waals surface area contributed by atoms with Crippen molar-refractivity contribution in [3.63, 3.8) is 0 Å². The molecule has 0 bridgehead atoms. The molecule has 2 aromatic rings. The molecule has 0 aliphatic carbocycles. The summed E-state index contributed by atoms with van der Waals surface area (Å²) in [7, 11) is 0. The average Bonchev–Trinajstić information content (AvgIpc) is 2.49. The summed E-state index contributed by atoms with van der Waals surface area (Å²) in [5.41, 5.74) is 6.80. The van der Waals surface area contributed by atoms with E-state index in [2.05, 4.69) is 34.6 Å². The average molecular weight is 413 g/mol. The smallest absolute Gasteiger partial charge is 0.193 e. The molecule has 3 N–H and O–H groups in total. The molecular weight excluding hydrogens is 393 g/mol. The first-order valence-electron chi connectivity index (χ1n) is 6.64. The standard InChI is InChI=1S/C16H19N3S.HI/c17-16(19-14-8-3-1-4-9-14)18-12-7-13-20-15-10-5-2-6-11-15;/h1-6,8-11H,7,12-13H2,(H3,17,18,19);1H. The van der Waals surface area contributed by atoms with Gasteiger partial charge in [-0.2, -0.15) is 0 Å². The third kappa shape index (κ3) is 7.38. The summed E-state index contributed by atoms with van der Waals surface area (Å²) in [6.45, 7) is 0.742. The largest absolute Gasteiger partial charge is 0.370 e. The highest BCUT2D eigenvalue weighted by Gasteiger charge is 1.95. The lowest BCUT2D eigenvalue weighted by Crippen LogP contribution is -2.22. The molecule has 2 rings (SSSR count). The number of nitrogens with one attached hydrogen (secondary N) is 1. The van der Waals surface area contributed by atoms with Crippen LogP contribution >= 0.6 is 35.7 Å². The minimum absolute atomic E-state index is 0. The van der Waals surface area contributed by atoms with Crippen molar-refractivity contribution >= 4 is 47.4 Å². The Morgan fingerprint density at radius 1 is 1.00 bits per heavy atom. The SMILES string of the molecule is I.NC(=NCCCSc1ccccc1)Nc1ccccc1. The highest BCUT2D eigenvalue weighted by Crippen LogP contribution is 2.17. The van der Waals surface area contributed by atoms with Crippen LogP contribution in [0.3, 0.4) is 0 Å². The number of nitrogens with zero attached hydrogens (tertiary/aromatic N) is 1. The topological polar surface area (TPSA) is 50.4 Å². The molecule has 0 heterocycles. The van der Waals surface area contributed by atoms with E-state index in [0.29, 0.717) is 5.96 Å². The van der Waals surface area contributed by atoms with Gasteiger partial charge in [0.2, 0.25) is 0 Å². The van der Waals surface area contributed by atoms with Gasteiger partial charge < -0.3 is 11.1 Å². The molecule has 0 atom stereocenters. The summed E-state index contributed by atoms with van der Waals surface area (Å²) in [5.74, 6) is 1.52. The van der Waals surface area contributed by atoms with Crippen molar-refractivity contribution in [2.75, 3.05) is 17.6 Å². The van der Waals surface area contributed by atoms with Crippen LogP contribution in [0.2, 0.25) is 0 Å². The second kappa shape index (κ2) is 10.5. The van der Waals surface area contributed by atoms with Crippen LogP contribution in [0.5, 0.6) is 0 Å². The molecular formula is C16H20IN3S. The van der Waals surface area contributed by atoms with Crippen LogP contribution in [0, 0.1) is 0 Å². The Morgan fingerprint density at radius 2 is 1.62 bits per heavy atom. The van der Waals surface area contributed by atoms with Crippen LogP contribution in [-0.2, 0) is 0 Å². The van der Waals surface area contributed by atoms with E-state index < -0.39 is 0 Å². The second-order valence-electron chi connectivity index (χ2n) is 4.27. The Hall–Kier alpha value is -1.21. The summed E-state index contributed by atoms with van der Waals surface area (Å²) in [5, 5.41) is 3.07. The number of anilines is 1. The van der Waals surface area contributed by atoms with Crippen LogP contribution < -0.4 is 11.1 Å². The van der Waals surface area contributed by atoms with Gasteiger partial charge in [0, 0.05) is 17.1 Å². The summed E-state index contributed by atoms with van der Waals surface area (Å²) in [4.78, 5) is 5.62. The van der Waals surface area contributed by atoms with Crippen molar-refractivity contribution in [1.82, 2.24) is 0 Å². The van der Waals surface area contributed by atoms with Gasteiger partial charge in [-0.05, 0) is 36.4 Å². The van der Waals surface area contributed by atoms with E-state index in [9.17, 15) is 0 Å². The van der Waals surface area contributed by atoms with Crippen LogP contribution in [0.4, 0.5) is 5.69 Å². The first kappa shape index (κ1) is 17.8. The van der Waals surface area contributed by atoms with Crippen LogP contribution in [0.1, 0.15) is 6.42 Å². The second-order valence-corrected chi connectivity index (χ2v) is 5.44. The minimum Gasteiger partial charge on any atom is -0.370 e. The predicted molar refractivity (Wildman–Crippen MR) is 104 cm³/mol. The van der Waals surface area contributed by atoms with Gasteiger partial charge in [-0.1, -0.05) is 36.4 Å². The fraction of sp³-hybridized carbons (Fsp3) is 0.188. The number of hydrogen-bond donors (Lipinski definition) is 2. The first-order valence-corrected chi connectivity index (χ1v) is 7.63. The number of para-hydroxylation sites is 1. The monoisotopic (exact) mass is 413 g/mol. The molecule has 0 saturated heterocycles. The zero-order valence-corrected chi connectivity index (χ0v) is 14.9. The maximum atomic E-state index is 5.83. The third-order valence-electron chi connectivity index (χ3n) is 2.64. The molecule has 5 heteroatoms. The maximum Gasteiger partial charge on any atom is 0.193 e. The van der Waals surface area contributed by atoms with Crippen LogP contribution in [0.15, 0.2) is 70.6 Å². The lowest BCUT2D eigenvalue weighted by atomic mass is 10.3. The Kier molecular flexibility index (Phi) is 8.93. The molecule has 0 fully saturated rings. The van der Waals surface area contributed by atoms with E-state index in [1.807, 2.05) is 48.2 Å². The van der Waals surface area contributed by atoms with Crippen molar-refractivity contribution in [3.8, 4) is 0 Å². The van der Waals surface area contributed by atoms with E-state index >= 15 is 0 Å². The molecule has 0 aromatic heterocycles. The number of rotatable bonds is 6. The lowest BCUT2D eigenvalue weighted by molar-refractivity contribution is 0.940. The molecule has 3 nitrogen and oxygen atoms in total. The summed E-state index contributed by atoms with van der Waals surface area (Å²) in [6.07, 6.45) is 1.01. The number of aliphatic imine (C=N–C) groups is 1. The Bertz CT molecular complexity index is 532. The Morgan fingerprint density at radius 3 is 2.29 bits per heavy atom. The molecule has 0 amide bonds. The van der Waals surface area contributed by atoms with Crippen molar-refractivity contribution in [3.05, 3.63) is 60.7 Å². The number of thioether (sulfide) groups is 1. The van der Waals surface area contributed by atoms with Crippen molar-refractivity contribution in [2.45, 2.75) is 11.3 Å². The van der Waals surface area contributed by atoms with Crippen molar-refractivity contribution in [1.29, 1.82) is 0 Å². The molecule has 0 saturated carbocycles.